The summed E-state index contributed by atoms with van der Waals surface area (Å²) in [5.41, 5.74) is 4.04. The number of amides is 1. The predicted molar refractivity (Wildman–Crippen MR) is 91.8 cm³/mol. The molecule has 0 bridgehead atoms. The number of anilines is 1. The number of nitrogens with one attached hydrogen (secondary N) is 1. The molecule has 0 spiro atoms. The van der Waals surface area contributed by atoms with Crippen LogP contribution in [-0.4, -0.2) is 15.7 Å². The van der Waals surface area contributed by atoms with Crippen LogP contribution in [0.1, 0.15) is 17.0 Å². The van der Waals surface area contributed by atoms with E-state index in [0.29, 0.717) is 5.69 Å². The minimum atomic E-state index is -0.310. The van der Waals surface area contributed by atoms with E-state index in [4.69, 9.17) is 0 Å². The van der Waals surface area contributed by atoms with E-state index in [2.05, 4.69) is 10.4 Å². The largest absolute Gasteiger partial charge is 0.323 e. The highest BCUT2D eigenvalue weighted by molar-refractivity contribution is 5.93. The van der Waals surface area contributed by atoms with Gasteiger partial charge in [0.15, 0.2) is 0 Å². The number of aromatic nitrogens is 2. The van der Waals surface area contributed by atoms with Crippen LogP contribution < -0.4 is 5.32 Å². The van der Waals surface area contributed by atoms with E-state index in [9.17, 15) is 9.18 Å². The van der Waals surface area contributed by atoms with Crippen molar-refractivity contribution in [1.29, 1.82) is 0 Å². The van der Waals surface area contributed by atoms with Crippen molar-refractivity contribution in [2.45, 2.75) is 20.3 Å². The molecule has 122 valence electrons. The van der Waals surface area contributed by atoms with Crippen molar-refractivity contribution >= 4 is 11.6 Å². The molecule has 1 aromatic heterocycles. The van der Waals surface area contributed by atoms with Crippen molar-refractivity contribution in [3.63, 3.8) is 0 Å². The first-order valence-electron chi connectivity index (χ1n) is 7.70. The molecular formula is C19H18FN3O. The fourth-order valence-electron chi connectivity index (χ4n) is 2.62. The molecule has 1 N–H and O–H groups in total. The van der Waals surface area contributed by atoms with Crippen molar-refractivity contribution in [2.75, 3.05) is 5.32 Å². The Morgan fingerprint density at radius 2 is 1.75 bits per heavy atom. The summed E-state index contributed by atoms with van der Waals surface area (Å²) in [6.07, 6.45) is 0.190. The zero-order chi connectivity index (χ0) is 17.1. The van der Waals surface area contributed by atoms with Crippen LogP contribution in [0.4, 0.5) is 10.1 Å². The predicted octanol–water partition coefficient (Wildman–Crippen LogP) is 3.81. The summed E-state index contributed by atoms with van der Waals surface area (Å²) in [6.45, 7) is 3.78. The maximum atomic E-state index is 12.9. The fraction of sp³-hybridized carbons (Fsp3) is 0.158. The number of hydrogen-bond acceptors (Lipinski definition) is 2. The lowest BCUT2D eigenvalue weighted by Crippen LogP contribution is -2.15. The second-order valence-corrected chi connectivity index (χ2v) is 5.64. The first kappa shape index (κ1) is 15.9. The molecule has 1 heterocycles. The van der Waals surface area contributed by atoms with Gasteiger partial charge in [-0.05, 0) is 43.7 Å². The van der Waals surface area contributed by atoms with E-state index in [1.807, 2.05) is 48.9 Å². The third-order valence-corrected chi connectivity index (χ3v) is 3.83. The minimum Gasteiger partial charge on any atom is -0.323 e. The Morgan fingerprint density at radius 3 is 2.42 bits per heavy atom. The number of carbonyl (C=O) groups excluding carboxylic acids is 1. The molecule has 3 rings (SSSR count). The highest BCUT2D eigenvalue weighted by atomic mass is 19.1. The normalized spacial score (nSPS) is 10.6. The van der Waals surface area contributed by atoms with Crippen molar-refractivity contribution in [1.82, 2.24) is 9.78 Å². The van der Waals surface area contributed by atoms with Gasteiger partial charge in [0, 0.05) is 0 Å². The second kappa shape index (κ2) is 6.66. The van der Waals surface area contributed by atoms with Gasteiger partial charge in [-0.3, -0.25) is 4.79 Å². The molecule has 0 aliphatic heterocycles. The van der Waals surface area contributed by atoms with Crippen LogP contribution >= 0.6 is 0 Å². The first-order valence-corrected chi connectivity index (χ1v) is 7.70. The van der Waals surface area contributed by atoms with Gasteiger partial charge in [-0.15, -0.1) is 0 Å². The summed E-state index contributed by atoms with van der Waals surface area (Å²) in [5, 5.41) is 7.42. The van der Waals surface area contributed by atoms with Crippen molar-refractivity contribution in [3.05, 3.63) is 77.4 Å². The molecule has 1 amide bonds. The molecule has 3 aromatic rings. The molecule has 0 aliphatic rings. The van der Waals surface area contributed by atoms with Gasteiger partial charge in [0.2, 0.25) is 5.91 Å². The lowest BCUT2D eigenvalue weighted by atomic mass is 10.1. The van der Waals surface area contributed by atoms with E-state index in [1.54, 1.807) is 12.1 Å². The fourth-order valence-corrected chi connectivity index (χ4v) is 2.62. The van der Waals surface area contributed by atoms with Gasteiger partial charge in [-0.25, -0.2) is 9.07 Å². The topological polar surface area (TPSA) is 46.9 Å². The Balaban J connectivity index is 1.79. The highest BCUT2D eigenvalue weighted by Gasteiger charge is 2.15. The summed E-state index contributed by atoms with van der Waals surface area (Å²) in [6, 6.07) is 15.7. The summed E-state index contributed by atoms with van der Waals surface area (Å²) < 4.78 is 14.7. The van der Waals surface area contributed by atoms with Crippen molar-refractivity contribution < 1.29 is 9.18 Å². The number of rotatable bonds is 4. The van der Waals surface area contributed by atoms with Crippen molar-refractivity contribution in [3.8, 4) is 5.69 Å². The van der Waals surface area contributed by atoms with E-state index in [1.165, 1.54) is 12.1 Å². The summed E-state index contributed by atoms with van der Waals surface area (Å²) >= 11 is 0. The quantitative estimate of drug-likeness (QED) is 0.793. The Kier molecular flexibility index (Phi) is 4.42. The van der Waals surface area contributed by atoms with Gasteiger partial charge in [0.05, 0.1) is 29.2 Å². The van der Waals surface area contributed by atoms with Gasteiger partial charge < -0.3 is 5.32 Å². The van der Waals surface area contributed by atoms with Crippen LogP contribution in [0.2, 0.25) is 0 Å². The van der Waals surface area contributed by atoms with E-state index < -0.39 is 0 Å². The summed E-state index contributed by atoms with van der Waals surface area (Å²) in [4.78, 5) is 12.3. The van der Waals surface area contributed by atoms with Crippen LogP contribution in [0, 0.1) is 19.7 Å². The van der Waals surface area contributed by atoms with Gasteiger partial charge in [0.25, 0.3) is 0 Å². The third-order valence-electron chi connectivity index (χ3n) is 3.83. The van der Waals surface area contributed by atoms with Crippen LogP contribution in [0.5, 0.6) is 0 Å². The number of aryl methyl sites for hydroxylation is 1. The van der Waals surface area contributed by atoms with E-state index in [-0.39, 0.29) is 18.1 Å². The molecule has 5 heteroatoms. The number of nitrogens with zero attached hydrogens (tertiary/aromatic N) is 2. The lowest BCUT2D eigenvalue weighted by molar-refractivity contribution is -0.115. The average molecular weight is 323 g/mol. The van der Waals surface area contributed by atoms with Crippen LogP contribution in [-0.2, 0) is 11.2 Å². The van der Waals surface area contributed by atoms with E-state index in [0.717, 1.165) is 22.6 Å². The molecule has 0 radical (unpaired) electrons. The highest BCUT2D eigenvalue weighted by Crippen LogP contribution is 2.23. The molecular weight excluding hydrogens is 305 g/mol. The number of carbonyl (C=O) groups is 1. The summed E-state index contributed by atoms with van der Waals surface area (Å²) in [7, 11) is 0. The van der Waals surface area contributed by atoms with Gasteiger partial charge in [0.1, 0.15) is 5.82 Å². The van der Waals surface area contributed by atoms with Gasteiger partial charge >= 0.3 is 0 Å². The second-order valence-electron chi connectivity index (χ2n) is 5.64. The average Bonchev–Trinajstić information content (AvgIpc) is 2.86. The molecule has 0 aliphatic carbocycles. The lowest BCUT2D eigenvalue weighted by Gasteiger charge is -2.07. The molecule has 2 aromatic carbocycles. The van der Waals surface area contributed by atoms with Crippen LogP contribution in [0.3, 0.4) is 0 Å². The standard InChI is InChI=1S/C19H18FN3O/c1-13-19(14(2)23(22-13)17-6-4-3-5-7-17)21-18(24)12-15-8-10-16(20)11-9-15/h3-11H,12H2,1-2H3,(H,21,24). The Labute approximate surface area is 139 Å². The Hall–Kier alpha value is -2.95. The van der Waals surface area contributed by atoms with Gasteiger partial charge in [-0.1, -0.05) is 30.3 Å². The monoisotopic (exact) mass is 323 g/mol. The Morgan fingerprint density at radius 1 is 1.08 bits per heavy atom. The SMILES string of the molecule is Cc1nn(-c2ccccc2)c(C)c1NC(=O)Cc1ccc(F)cc1. The van der Waals surface area contributed by atoms with E-state index >= 15 is 0 Å². The van der Waals surface area contributed by atoms with Crippen LogP contribution in [0.15, 0.2) is 54.6 Å². The number of halogens is 1. The third kappa shape index (κ3) is 3.35. The number of hydrogen-bond donors (Lipinski definition) is 1. The number of benzene rings is 2. The Bertz CT molecular complexity index is 854. The molecule has 0 saturated carbocycles. The van der Waals surface area contributed by atoms with Crippen LogP contribution in [0.25, 0.3) is 5.69 Å². The smallest absolute Gasteiger partial charge is 0.228 e. The zero-order valence-corrected chi connectivity index (χ0v) is 13.6. The molecule has 24 heavy (non-hydrogen) atoms. The molecule has 0 saturated heterocycles. The molecule has 0 fully saturated rings. The maximum Gasteiger partial charge on any atom is 0.228 e. The molecule has 0 unspecified atom stereocenters. The maximum absolute atomic E-state index is 12.9. The first-order chi connectivity index (χ1) is 11.5. The molecule has 0 atom stereocenters. The zero-order valence-electron chi connectivity index (χ0n) is 13.6. The minimum absolute atomic E-state index is 0.152. The summed E-state index contributed by atoms with van der Waals surface area (Å²) in [5.74, 6) is -0.463. The van der Waals surface area contributed by atoms with Crippen molar-refractivity contribution in [2.24, 2.45) is 0 Å². The number of para-hydroxylation sites is 1. The van der Waals surface area contributed by atoms with Gasteiger partial charge in [-0.2, -0.15) is 5.10 Å². The molecule has 4 nitrogen and oxygen atoms in total.